The van der Waals surface area contributed by atoms with Crippen molar-refractivity contribution in [1.82, 2.24) is 0 Å². The molecule has 1 aliphatic carbocycles. The molecule has 0 aliphatic heterocycles. The monoisotopic (exact) mass is 207 g/mol. The Morgan fingerprint density at radius 2 is 2.08 bits per heavy atom. The van der Waals surface area contributed by atoms with Crippen LogP contribution >= 0.6 is 0 Å². The first-order valence-electron chi connectivity index (χ1n) is 4.13. The number of nitrogens with two attached hydrogens (primary N) is 1. The van der Waals surface area contributed by atoms with E-state index >= 15 is 0 Å². The summed E-state index contributed by atoms with van der Waals surface area (Å²) in [6, 6.07) is 0. The second-order valence-electron chi connectivity index (χ2n) is 3.10. The first-order chi connectivity index (χ1) is 5.95. The predicted molar refractivity (Wildman–Crippen MR) is 46.9 cm³/mol. The van der Waals surface area contributed by atoms with Crippen LogP contribution in [0.2, 0.25) is 0 Å². The van der Waals surface area contributed by atoms with E-state index in [1.807, 2.05) is 0 Å². The molecule has 0 spiro atoms. The van der Waals surface area contributed by atoms with E-state index in [4.69, 9.17) is 5.73 Å². The summed E-state index contributed by atoms with van der Waals surface area (Å²) in [5, 5.41) is -0.346. The van der Waals surface area contributed by atoms with Crippen molar-refractivity contribution in [1.29, 1.82) is 0 Å². The predicted octanol–water partition coefficient (Wildman–Crippen LogP) is 0.0474. The van der Waals surface area contributed by atoms with Gasteiger partial charge in [0.15, 0.2) is 9.84 Å². The van der Waals surface area contributed by atoms with Gasteiger partial charge in [0.2, 0.25) is 0 Å². The molecule has 0 aromatic rings. The minimum Gasteiger partial charge on any atom is -0.446 e. The maximum Gasteiger partial charge on any atom is 0.404 e. The number of amides is 1. The summed E-state index contributed by atoms with van der Waals surface area (Å²) in [5.74, 6) is 0.140. The lowest BCUT2D eigenvalue weighted by Gasteiger charge is -2.33. The number of sulfone groups is 1. The zero-order valence-electron chi connectivity index (χ0n) is 7.39. The molecule has 1 rings (SSSR count). The van der Waals surface area contributed by atoms with E-state index in [1.54, 1.807) is 6.92 Å². The van der Waals surface area contributed by atoms with E-state index in [0.29, 0.717) is 12.8 Å². The van der Waals surface area contributed by atoms with Crippen molar-refractivity contribution in [3.05, 3.63) is 0 Å². The molecule has 6 heteroatoms. The fourth-order valence-electron chi connectivity index (χ4n) is 1.31. The lowest BCUT2D eigenvalue weighted by molar-refractivity contribution is 0.0611. The molecule has 0 radical (unpaired) electrons. The van der Waals surface area contributed by atoms with Gasteiger partial charge in [-0.3, -0.25) is 0 Å². The van der Waals surface area contributed by atoms with Gasteiger partial charge in [-0.15, -0.1) is 0 Å². The third-order valence-electron chi connectivity index (χ3n) is 2.24. The normalized spacial score (nSPS) is 27.8. The Kier molecular flexibility index (Phi) is 2.80. The average molecular weight is 207 g/mol. The van der Waals surface area contributed by atoms with Crippen LogP contribution in [0, 0.1) is 0 Å². The Hall–Kier alpha value is -0.780. The number of carbonyl (C=O) groups is 1. The highest BCUT2D eigenvalue weighted by molar-refractivity contribution is 7.92. The smallest absolute Gasteiger partial charge is 0.404 e. The van der Waals surface area contributed by atoms with Crippen LogP contribution in [-0.4, -0.2) is 31.6 Å². The summed E-state index contributed by atoms with van der Waals surface area (Å²) in [7, 11) is -2.96. The second-order valence-corrected chi connectivity index (χ2v) is 5.67. The van der Waals surface area contributed by atoms with Crippen molar-refractivity contribution in [2.24, 2.45) is 5.73 Å². The molecule has 1 saturated carbocycles. The molecule has 1 amide bonds. The highest BCUT2D eigenvalue weighted by Gasteiger charge is 2.39. The maximum absolute atomic E-state index is 11.2. The van der Waals surface area contributed by atoms with E-state index in [2.05, 4.69) is 4.74 Å². The molecule has 1 fully saturated rings. The zero-order chi connectivity index (χ0) is 10.1. The molecular weight excluding hydrogens is 194 g/mol. The largest absolute Gasteiger partial charge is 0.446 e. The lowest BCUT2D eigenvalue weighted by Crippen LogP contribution is -2.43. The van der Waals surface area contributed by atoms with Gasteiger partial charge in [0.05, 0.1) is 5.25 Å². The summed E-state index contributed by atoms with van der Waals surface area (Å²) >= 11 is 0. The summed E-state index contributed by atoms with van der Waals surface area (Å²) in [6.45, 7) is 1.61. The molecule has 0 saturated heterocycles. The zero-order valence-corrected chi connectivity index (χ0v) is 8.21. The van der Waals surface area contributed by atoms with Crippen LogP contribution in [-0.2, 0) is 14.6 Å². The first kappa shape index (κ1) is 10.3. The summed E-state index contributed by atoms with van der Waals surface area (Å²) in [6.07, 6.45) is -0.362. The van der Waals surface area contributed by atoms with E-state index in [1.165, 1.54) is 0 Å². The van der Waals surface area contributed by atoms with Gasteiger partial charge in [-0.25, -0.2) is 13.2 Å². The van der Waals surface area contributed by atoms with Crippen LogP contribution in [0.25, 0.3) is 0 Å². The lowest BCUT2D eigenvalue weighted by atomic mass is 9.95. The van der Waals surface area contributed by atoms with Gasteiger partial charge in [-0.2, -0.15) is 0 Å². The van der Waals surface area contributed by atoms with Gasteiger partial charge < -0.3 is 10.5 Å². The van der Waals surface area contributed by atoms with Gasteiger partial charge in [0.1, 0.15) is 6.10 Å². The fraction of sp³-hybridized carbons (Fsp3) is 0.857. The quantitative estimate of drug-likeness (QED) is 0.708. The second kappa shape index (κ2) is 3.53. The van der Waals surface area contributed by atoms with Gasteiger partial charge in [-0.05, 0) is 0 Å². The van der Waals surface area contributed by atoms with Gasteiger partial charge in [0.25, 0.3) is 0 Å². The van der Waals surface area contributed by atoms with Crippen molar-refractivity contribution in [2.45, 2.75) is 31.1 Å². The van der Waals surface area contributed by atoms with Crippen LogP contribution in [0.1, 0.15) is 19.8 Å². The van der Waals surface area contributed by atoms with E-state index < -0.39 is 15.9 Å². The molecular formula is C7H13NO4S. The van der Waals surface area contributed by atoms with E-state index in [0.717, 1.165) is 0 Å². The molecule has 0 aromatic carbocycles. The molecule has 0 bridgehead atoms. The molecule has 0 aromatic heterocycles. The standard InChI is InChI=1S/C7H13NO4S/c1-2-13(10,11)6-3-5(4-6)12-7(8)9/h5-6H,2-4H2,1H3,(H2,8,9)/t5-,6+. The Morgan fingerprint density at radius 3 is 2.46 bits per heavy atom. The van der Waals surface area contributed by atoms with E-state index in [9.17, 15) is 13.2 Å². The van der Waals surface area contributed by atoms with E-state index in [-0.39, 0.29) is 17.1 Å². The minimum atomic E-state index is -2.96. The molecule has 5 nitrogen and oxygen atoms in total. The molecule has 13 heavy (non-hydrogen) atoms. The molecule has 2 N–H and O–H groups in total. The third-order valence-corrected chi connectivity index (χ3v) is 4.45. The Bertz CT molecular complexity index is 292. The molecule has 0 unspecified atom stereocenters. The Morgan fingerprint density at radius 1 is 1.54 bits per heavy atom. The van der Waals surface area contributed by atoms with Crippen LogP contribution in [0.3, 0.4) is 0 Å². The number of hydrogen-bond acceptors (Lipinski definition) is 4. The van der Waals surface area contributed by atoms with Crippen LogP contribution < -0.4 is 5.73 Å². The first-order valence-corrected chi connectivity index (χ1v) is 5.85. The maximum atomic E-state index is 11.2. The average Bonchev–Trinajstić information content (AvgIpc) is 1.95. The highest BCUT2D eigenvalue weighted by atomic mass is 32.2. The molecule has 1 aliphatic rings. The molecule has 0 heterocycles. The number of primary amides is 1. The minimum absolute atomic E-state index is 0.140. The topological polar surface area (TPSA) is 86.5 Å². The van der Waals surface area contributed by atoms with Gasteiger partial charge in [0, 0.05) is 18.6 Å². The van der Waals surface area contributed by atoms with Crippen LogP contribution in [0.15, 0.2) is 0 Å². The third kappa shape index (κ3) is 2.33. The number of rotatable bonds is 3. The number of carbonyl (C=O) groups excluding carboxylic acids is 1. The van der Waals surface area contributed by atoms with Crippen molar-refractivity contribution in [2.75, 3.05) is 5.75 Å². The fourth-order valence-corrected chi connectivity index (χ4v) is 2.79. The summed E-state index contributed by atoms with van der Waals surface area (Å²) < 4.78 is 27.1. The Labute approximate surface area is 77.2 Å². The van der Waals surface area contributed by atoms with Gasteiger partial charge in [-0.1, -0.05) is 6.92 Å². The summed E-state index contributed by atoms with van der Waals surface area (Å²) in [5.41, 5.74) is 4.78. The highest BCUT2D eigenvalue weighted by Crippen LogP contribution is 2.29. The molecule has 0 atom stereocenters. The van der Waals surface area contributed by atoms with Crippen molar-refractivity contribution in [3.8, 4) is 0 Å². The molecule has 76 valence electrons. The van der Waals surface area contributed by atoms with Crippen LogP contribution in [0.4, 0.5) is 4.79 Å². The number of hydrogen-bond donors (Lipinski definition) is 1. The van der Waals surface area contributed by atoms with Crippen molar-refractivity contribution >= 4 is 15.9 Å². The Balaban J connectivity index is 2.38. The number of ether oxygens (including phenoxy) is 1. The van der Waals surface area contributed by atoms with Gasteiger partial charge >= 0.3 is 6.09 Å². The summed E-state index contributed by atoms with van der Waals surface area (Å²) in [4.78, 5) is 10.3. The van der Waals surface area contributed by atoms with Crippen molar-refractivity contribution in [3.63, 3.8) is 0 Å². The van der Waals surface area contributed by atoms with Crippen molar-refractivity contribution < 1.29 is 17.9 Å². The SMILES string of the molecule is CCS(=O)(=O)[C@H]1C[C@@H](OC(N)=O)C1. The van der Waals surface area contributed by atoms with Crippen LogP contribution in [0.5, 0.6) is 0 Å².